The molecule has 2 N–H and O–H groups in total. The van der Waals surface area contributed by atoms with Gasteiger partial charge in [0.25, 0.3) is 0 Å². The average Bonchev–Trinajstić information content (AvgIpc) is 2.79. The smallest absolute Gasteiger partial charge is 0.317 e. The van der Waals surface area contributed by atoms with Gasteiger partial charge in [0.2, 0.25) is 0 Å². The molecule has 3 aliphatic rings. The van der Waals surface area contributed by atoms with Crippen molar-refractivity contribution in [3.63, 3.8) is 0 Å². The quantitative estimate of drug-likeness (QED) is 0.748. The summed E-state index contributed by atoms with van der Waals surface area (Å²) in [7, 11) is 0. The molecule has 0 aromatic heterocycles. The normalized spacial score (nSPS) is 30.3. The molecule has 0 bridgehead atoms. The fourth-order valence-corrected chi connectivity index (χ4v) is 3.41. The van der Waals surface area contributed by atoms with Crippen LogP contribution in [0.4, 0.5) is 4.79 Å². The summed E-state index contributed by atoms with van der Waals surface area (Å²) in [5, 5.41) is 6.36. The maximum atomic E-state index is 11.5. The molecule has 0 aromatic rings. The summed E-state index contributed by atoms with van der Waals surface area (Å²) in [6.45, 7) is 7.45. The van der Waals surface area contributed by atoms with Crippen LogP contribution < -0.4 is 10.6 Å². The number of nitrogens with zero attached hydrogens (tertiary/aromatic N) is 2. The van der Waals surface area contributed by atoms with Gasteiger partial charge in [-0.1, -0.05) is 0 Å². The lowest BCUT2D eigenvalue weighted by atomic mass is 9.94. The van der Waals surface area contributed by atoms with Crippen molar-refractivity contribution in [3.05, 3.63) is 0 Å². The highest BCUT2D eigenvalue weighted by Crippen LogP contribution is 2.19. The minimum atomic E-state index is 0.137. The third-order valence-electron chi connectivity index (χ3n) is 4.63. The summed E-state index contributed by atoms with van der Waals surface area (Å²) in [6.07, 6.45) is 4.00. The standard InChI is InChI=1S/C13H24N4O/c18-13-15-9-12-10-16(7-8-17(12)13)6-3-11-1-4-14-5-2-11/h11-12,14H,1-10H2,(H,15,18). The van der Waals surface area contributed by atoms with Crippen molar-refractivity contribution in [3.8, 4) is 0 Å². The Balaban J connectivity index is 1.43. The van der Waals surface area contributed by atoms with Crippen LogP contribution >= 0.6 is 0 Å². The number of nitrogens with one attached hydrogen (secondary N) is 2. The van der Waals surface area contributed by atoms with Crippen LogP contribution in [-0.2, 0) is 0 Å². The zero-order chi connectivity index (χ0) is 12.4. The van der Waals surface area contributed by atoms with Gasteiger partial charge in [-0.15, -0.1) is 0 Å². The molecular formula is C13H24N4O. The second-order valence-corrected chi connectivity index (χ2v) is 5.82. The Kier molecular flexibility index (Phi) is 3.70. The predicted molar refractivity (Wildman–Crippen MR) is 70.5 cm³/mol. The summed E-state index contributed by atoms with van der Waals surface area (Å²) in [5.74, 6) is 0.910. The lowest BCUT2D eigenvalue weighted by Gasteiger charge is -2.37. The van der Waals surface area contributed by atoms with Crippen LogP contribution in [0.15, 0.2) is 0 Å². The van der Waals surface area contributed by atoms with E-state index in [4.69, 9.17) is 0 Å². The highest BCUT2D eigenvalue weighted by atomic mass is 16.2. The van der Waals surface area contributed by atoms with E-state index in [1.807, 2.05) is 4.90 Å². The van der Waals surface area contributed by atoms with Gasteiger partial charge in [-0.05, 0) is 44.8 Å². The summed E-state index contributed by atoms with van der Waals surface area (Å²) in [6, 6.07) is 0.553. The minimum absolute atomic E-state index is 0.137. The number of hydrogen-bond acceptors (Lipinski definition) is 3. The molecule has 2 amide bonds. The van der Waals surface area contributed by atoms with Gasteiger partial charge < -0.3 is 15.5 Å². The molecule has 3 fully saturated rings. The predicted octanol–water partition coefficient (Wildman–Crippen LogP) is 0.0855. The van der Waals surface area contributed by atoms with Crippen molar-refractivity contribution in [1.29, 1.82) is 0 Å². The number of hydrogen-bond donors (Lipinski definition) is 2. The van der Waals surface area contributed by atoms with Crippen LogP contribution in [-0.4, -0.2) is 67.7 Å². The fourth-order valence-electron chi connectivity index (χ4n) is 3.41. The van der Waals surface area contributed by atoms with Gasteiger partial charge in [-0.2, -0.15) is 0 Å². The molecule has 5 nitrogen and oxygen atoms in total. The minimum Gasteiger partial charge on any atom is -0.336 e. The van der Waals surface area contributed by atoms with Gasteiger partial charge >= 0.3 is 6.03 Å². The highest BCUT2D eigenvalue weighted by Gasteiger charge is 2.35. The van der Waals surface area contributed by atoms with Gasteiger partial charge in [0.05, 0.1) is 6.04 Å². The van der Waals surface area contributed by atoms with Crippen molar-refractivity contribution >= 4 is 6.03 Å². The van der Waals surface area contributed by atoms with Crippen molar-refractivity contribution in [1.82, 2.24) is 20.4 Å². The first-order valence-corrected chi connectivity index (χ1v) is 7.30. The Hall–Kier alpha value is -0.810. The molecule has 1 atom stereocenters. The summed E-state index contributed by atoms with van der Waals surface area (Å²) in [4.78, 5) is 16.1. The van der Waals surface area contributed by atoms with Crippen LogP contribution in [0.1, 0.15) is 19.3 Å². The van der Waals surface area contributed by atoms with E-state index < -0.39 is 0 Å². The molecular weight excluding hydrogens is 228 g/mol. The summed E-state index contributed by atoms with van der Waals surface area (Å²) < 4.78 is 0. The lowest BCUT2D eigenvalue weighted by Crippen LogP contribution is -2.52. The number of piperidine rings is 1. The zero-order valence-electron chi connectivity index (χ0n) is 11.0. The Morgan fingerprint density at radius 2 is 2.06 bits per heavy atom. The van der Waals surface area contributed by atoms with E-state index >= 15 is 0 Å². The van der Waals surface area contributed by atoms with E-state index in [0.29, 0.717) is 6.04 Å². The third kappa shape index (κ3) is 2.62. The monoisotopic (exact) mass is 252 g/mol. The Morgan fingerprint density at radius 1 is 1.22 bits per heavy atom. The number of amides is 2. The molecule has 0 aromatic carbocycles. The average molecular weight is 252 g/mol. The van der Waals surface area contributed by atoms with E-state index in [2.05, 4.69) is 15.5 Å². The molecule has 3 rings (SSSR count). The maximum Gasteiger partial charge on any atom is 0.317 e. The number of rotatable bonds is 3. The van der Waals surface area contributed by atoms with E-state index in [0.717, 1.165) is 32.1 Å². The molecule has 0 saturated carbocycles. The molecule has 3 heterocycles. The van der Waals surface area contributed by atoms with E-state index in [1.54, 1.807) is 0 Å². The zero-order valence-corrected chi connectivity index (χ0v) is 11.0. The van der Waals surface area contributed by atoms with Crippen molar-refractivity contribution in [2.45, 2.75) is 25.3 Å². The van der Waals surface area contributed by atoms with Crippen molar-refractivity contribution in [2.75, 3.05) is 45.8 Å². The van der Waals surface area contributed by atoms with Crippen LogP contribution in [0.2, 0.25) is 0 Å². The fraction of sp³-hybridized carbons (Fsp3) is 0.923. The second-order valence-electron chi connectivity index (χ2n) is 5.82. The molecule has 0 aliphatic carbocycles. The third-order valence-corrected chi connectivity index (χ3v) is 4.63. The van der Waals surface area contributed by atoms with Gasteiger partial charge in [0.15, 0.2) is 0 Å². The second kappa shape index (κ2) is 5.45. The van der Waals surface area contributed by atoms with Gasteiger partial charge in [-0.3, -0.25) is 4.90 Å². The molecule has 3 saturated heterocycles. The van der Waals surface area contributed by atoms with Crippen molar-refractivity contribution in [2.24, 2.45) is 5.92 Å². The van der Waals surface area contributed by atoms with Crippen molar-refractivity contribution < 1.29 is 4.79 Å². The Bertz CT molecular complexity index is 303. The number of piperazine rings is 1. The number of urea groups is 1. The summed E-state index contributed by atoms with van der Waals surface area (Å²) >= 11 is 0. The van der Waals surface area contributed by atoms with E-state index in [-0.39, 0.29) is 6.03 Å². The maximum absolute atomic E-state index is 11.5. The summed E-state index contributed by atoms with van der Waals surface area (Å²) in [5.41, 5.74) is 0. The molecule has 5 heteroatoms. The van der Waals surface area contributed by atoms with Crippen LogP contribution in [0.25, 0.3) is 0 Å². The first-order chi connectivity index (χ1) is 8.83. The van der Waals surface area contributed by atoms with Crippen LogP contribution in [0.3, 0.4) is 0 Å². The first-order valence-electron chi connectivity index (χ1n) is 7.30. The van der Waals surface area contributed by atoms with Crippen LogP contribution in [0.5, 0.6) is 0 Å². The molecule has 1 unspecified atom stereocenters. The number of carbonyl (C=O) groups is 1. The largest absolute Gasteiger partial charge is 0.336 e. The van der Waals surface area contributed by atoms with Gasteiger partial charge in [0, 0.05) is 26.2 Å². The molecule has 0 spiro atoms. The highest BCUT2D eigenvalue weighted by molar-refractivity contribution is 5.77. The van der Waals surface area contributed by atoms with E-state index in [9.17, 15) is 4.79 Å². The topological polar surface area (TPSA) is 47.6 Å². The lowest BCUT2D eigenvalue weighted by molar-refractivity contribution is 0.114. The van der Waals surface area contributed by atoms with Gasteiger partial charge in [-0.25, -0.2) is 4.79 Å². The van der Waals surface area contributed by atoms with Crippen LogP contribution in [0, 0.1) is 5.92 Å². The van der Waals surface area contributed by atoms with Gasteiger partial charge in [0.1, 0.15) is 0 Å². The molecule has 0 radical (unpaired) electrons. The molecule has 102 valence electrons. The Labute approximate surface area is 109 Å². The molecule has 3 aliphatic heterocycles. The number of carbonyl (C=O) groups excluding carboxylic acids is 1. The molecule has 18 heavy (non-hydrogen) atoms. The number of fused-ring (bicyclic) bond motifs is 1. The first kappa shape index (κ1) is 12.2. The van der Waals surface area contributed by atoms with E-state index in [1.165, 1.54) is 38.9 Å². The Morgan fingerprint density at radius 3 is 2.89 bits per heavy atom. The SMILES string of the molecule is O=C1NCC2CN(CCC3CCNCC3)CCN12.